The third kappa shape index (κ3) is 43.0. The number of ether oxygens (including phenoxy) is 5. The van der Waals surface area contributed by atoms with Crippen molar-refractivity contribution in [1.29, 1.82) is 0 Å². The van der Waals surface area contributed by atoms with Gasteiger partial charge in [0, 0.05) is 19.3 Å². The molecule has 1 fully saturated rings. The lowest BCUT2D eigenvalue weighted by Crippen LogP contribution is -2.61. The number of esters is 3. The van der Waals surface area contributed by atoms with Gasteiger partial charge in [0.05, 0.1) is 6.61 Å². The predicted molar refractivity (Wildman–Crippen MR) is 312 cm³/mol. The first-order valence-electron chi connectivity index (χ1n) is 31.3. The van der Waals surface area contributed by atoms with E-state index in [2.05, 4.69) is 81.5 Å². The molecule has 444 valence electrons. The average Bonchev–Trinajstić information content (AvgIpc) is 3.42. The van der Waals surface area contributed by atoms with Gasteiger partial charge in [-0.1, -0.05) is 216 Å². The van der Waals surface area contributed by atoms with Crippen LogP contribution in [0.2, 0.25) is 0 Å². The first-order valence-corrected chi connectivity index (χ1v) is 31.3. The second kappa shape index (κ2) is 53.1. The van der Waals surface area contributed by atoms with E-state index in [1.165, 1.54) is 96.3 Å². The summed E-state index contributed by atoms with van der Waals surface area (Å²) in [4.78, 5) is 51.2. The van der Waals surface area contributed by atoms with Crippen LogP contribution in [0.4, 0.5) is 0 Å². The Morgan fingerprint density at radius 1 is 0.429 bits per heavy atom. The standard InChI is InChI=1S/C65H112O12/c1-4-7-10-13-16-19-22-25-27-29-31-34-36-39-42-45-48-51-57(66)73-54-56(75-58(67)52-49-46-43-40-37-33-24-21-18-15-12-9-6-3)55-74-65-63(61(70)60(69)62(77-65)64(71)72)76-59(68)53-50-47-44-41-38-35-32-30-28-26-23-20-17-14-11-8-5-2/h12,15-16,19,21,24-28,56,60-63,65,69-70H,4-11,13-14,17-18,20,22-23,29-55H2,1-3H3,(H,71,72)/b15-12-,19-16-,24-21-,27-25-,28-26-. The zero-order chi connectivity index (χ0) is 56.1. The van der Waals surface area contributed by atoms with Crippen molar-refractivity contribution in [3.63, 3.8) is 0 Å². The molecule has 0 bridgehead atoms. The molecule has 1 aliphatic heterocycles. The van der Waals surface area contributed by atoms with Crippen LogP contribution in [-0.2, 0) is 42.9 Å². The number of rotatable bonds is 53. The topological polar surface area (TPSA) is 175 Å². The number of hydrogen-bond donors (Lipinski definition) is 3. The number of hydrogen-bond acceptors (Lipinski definition) is 11. The maximum atomic E-state index is 13.1. The van der Waals surface area contributed by atoms with Crippen molar-refractivity contribution in [2.45, 2.75) is 314 Å². The number of carboxylic acid groups (broad SMARTS) is 1. The van der Waals surface area contributed by atoms with Crippen LogP contribution >= 0.6 is 0 Å². The summed E-state index contributed by atoms with van der Waals surface area (Å²) in [5, 5.41) is 31.5. The molecule has 0 aliphatic carbocycles. The van der Waals surface area contributed by atoms with Crippen molar-refractivity contribution >= 4 is 23.9 Å². The van der Waals surface area contributed by atoms with Gasteiger partial charge in [0.15, 0.2) is 24.6 Å². The van der Waals surface area contributed by atoms with E-state index in [1.54, 1.807) is 0 Å². The van der Waals surface area contributed by atoms with Crippen LogP contribution < -0.4 is 0 Å². The molecule has 1 aliphatic rings. The first kappa shape index (κ1) is 71.4. The predicted octanol–water partition coefficient (Wildman–Crippen LogP) is 16.3. The van der Waals surface area contributed by atoms with Gasteiger partial charge >= 0.3 is 23.9 Å². The summed E-state index contributed by atoms with van der Waals surface area (Å²) in [5.74, 6) is -3.14. The molecule has 0 aromatic carbocycles. The molecule has 6 unspecified atom stereocenters. The molecular formula is C65H112O12. The largest absolute Gasteiger partial charge is 0.479 e. The van der Waals surface area contributed by atoms with E-state index in [-0.39, 0.29) is 25.9 Å². The van der Waals surface area contributed by atoms with Gasteiger partial charge in [-0.05, 0) is 103 Å². The number of aliphatic carboxylic acids is 1. The number of aliphatic hydroxyl groups excluding tert-OH is 2. The molecule has 1 saturated heterocycles. The first-order chi connectivity index (χ1) is 37.6. The van der Waals surface area contributed by atoms with Gasteiger partial charge in [0.25, 0.3) is 0 Å². The normalized spacial score (nSPS) is 18.4. The van der Waals surface area contributed by atoms with Crippen molar-refractivity contribution in [2.75, 3.05) is 13.2 Å². The third-order valence-electron chi connectivity index (χ3n) is 14.0. The molecular weight excluding hydrogens is 973 g/mol. The summed E-state index contributed by atoms with van der Waals surface area (Å²) in [6.07, 6.45) is 53.2. The summed E-state index contributed by atoms with van der Waals surface area (Å²) in [7, 11) is 0. The van der Waals surface area contributed by atoms with Crippen LogP contribution in [0, 0.1) is 0 Å². The van der Waals surface area contributed by atoms with Crippen molar-refractivity contribution in [2.24, 2.45) is 0 Å². The van der Waals surface area contributed by atoms with E-state index in [0.717, 1.165) is 122 Å². The fourth-order valence-corrected chi connectivity index (χ4v) is 9.20. The Kier molecular flexibility index (Phi) is 49.2. The summed E-state index contributed by atoms with van der Waals surface area (Å²) in [6.45, 7) is 5.90. The lowest BCUT2D eigenvalue weighted by atomic mass is 9.98. The zero-order valence-corrected chi connectivity index (χ0v) is 49.0. The lowest BCUT2D eigenvalue weighted by Gasteiger charge is -2.40. The minimum Gasteiger partial charge on any atom is -0.479 e. The number of aliphatic hydroxyl groups is 2. The molecule has 0 aromatic heterocycles. The van der Waals surface area contributed by atoms with E-state index < -0.39 is 67.3 Å². The van der Waals surface area contributed by atoms with E-state index in [9.17, 15) is 34.5 Å². The molecule has 0 aromatic rings. The van der Waals surface area contributed by atoms with Crippen LogP contribution in [-0.4, -0.2) is 89.2 Å². The Hall–Kier alpha value is -3.58. The fraction of sp³-hybridized carbons (Fsp3) is 0.785. The van der Waals surface area contributed by atoms with Crippen LogP contribution in [0.5, 0.6) is 0 Å². The molecule has 0 spiro atoms. The van der Waals surface area contributed by atoms with E-state index >= 15 is 0 Å². The van der Waals surface area contributed by atoms with Crippen molar-refractivity contribution in [3.05, 3.63) is 60.8 Å². The van der Waals surface area contributed by atoms with Gasteiger partial charge in [-0.15, -0.1) is 0 Å². The van der Waals surface area contributed by atoms with Crippen LogP contribution in [0.3, 0.4) is 0 Å². The van der Waals surface area contributed by atoms with Crippen LogP contribution in [0.15, 0.2) is 60.8 Å². The Morgan fingerprint density at radius 2 is 0.805 bits per heavy atom. The van der Waals surface area contributed by atoms with Gasteiger partial charge in [-0.25, -0.2) is 4.79 Å². The number of allylic oxidation sites excluding steroid dienone is 10. The summed E-state index contributed by atoms with van der Waals surface area (Å²) >= 11 is 0. The number of carboxylic acids is 1. The molecule has 6 atom stereocenters. The summed E-state index contributed by atoms with van der Waals surface area (Å²) in [6, 6.07) is 0. The number of unbranched alkanes of at least 4 members (excludes halogenated alkanes) is 29. The minimum absolute atomic E-state index is 0.0532. The Labute approximate surface area is 468 Å². The van der Waals surface area contributed by atoms with Crippen LogP contribution in [0.25, 0.3) is 0 Å². The molecule has 12 nitrogen and oxygen atoms in total. The van der Waals surface area contributed by atoms with E-state index in [1.807, 2.05) is 0 Å². The average molecular weight is 1090 g/mol. The lowest BCUT2D eigenvalue weighted by molar-refractivity contribution is -0.301. The Balaban J connectivity index is 2.67. The fourth-order valence-electron chi connectivity index (χ4n) is 9.20. The molecule has 0 radical (unpaired) electrons. The molecule has 0 saturated carbocycles. The van der Waals surface area contributed by atoms with Crippen LogP contribution in [0.1, 0.15) is 278 Å². The van der Waals surface area contributed by atoms with E-state index in [4.69, 9.17) is 23.7 Å². The Bertz CT molecular complexity index is 1570. The molecule has 77 heavy (non-hydrogen) atoms. The van der Waals surface area contributed by atoms with Crippen molar-refractivity contribution < 1.29 is 58.2 Å². The molecule has 12 heteroatoms. The van der Waals surface area contributed by atoms with Gasteiger partial charge < -0.3 is 39.0 Å². The molecule has 0 amide bonds. The highest BCUT2D eigenvalue weighted by atomic mass is 16.7. The monoisotopic (exact) mass is 1080 g/mol. The third-order valence-corrected chi connectivity index (χ3v) is 14.0. The van der Waals surface area contributed by atoms with Gasteiger partial charge in [-0.2, -0.15) is 0 Å². The van der Waals surface area contributed by atoms with Gasteiger partial charge in [0.1, 0.15) is 18.8 Å². The molecule has 3 N–H and O–H groups in total. The SMILES string of the molecule is CCC/C=C\C/C=C\CCCCCCCC(=O)OC(COC(=O)CCCCCCCCC/C=C\C/C=C\CCCCC)COC1OC(C(=O)O)C(O)C(O)C1OC(=O)CCCCCCCCC/C=C\CCCCCCCC. The van der Waals surface area contributed by atoms with Crippen molar-refractivity contribution in [3.8, 4) is 0 Å². The highest BCUT2D eigenvalue weighted by Crippen LogP contribution is 2.26. The highest BCUT2D eigenvalue weighted by molar-refractivity contribution is 5.74. The second-order valence-corrected chi connectivity index (χ2v) is 21.3. The zero-order valence-electron chi connectivity index (χ0n) is 49.0. The highest BCUT2D eigenvalue weighted by Gasteiger charge is 2.50. The van der Waals surface area contributed by atoms with Gasteiger partial charge in [0.2, 0.25) is 0 Å². The van der Waals surface area contributed by atoms with E-state index in [0.29, 0.717) is 19.3 Å². The summed E-state index contributed by atoms with van der Waals surface area (Å²) in [5.41, 5.74) is 0. The van der Waals surface area contributed by atoms with Crippen molar-refractivity contribution in [1.82, 2.24) is 0 Å². The maximum absolute atomic E-state index is 13.1. The number of carbonyl (C=O) groups excluding carboxylic acids is 3. The smallest absolute Gasteiger partial charge is 0.335 e. The quantitative estimate of drug-likeness (QED) is 0.0228. The maximum Gasteiger partial charge on any atom is 0.335 e. The second-order valence-electron chi connectivity index (χ2n) is 21.3. The number of carbonyl (C=O) groups is 4. The molecule has 1 rings (SSSR count). The van der Waals surface area contributed by atoms with Gasteiger partial charge in [-0.3, -0.25) is 14.4 Å². The summed E-state index contributed by atoms with van der Waals surface area (Å²) < 4.78 is 28.5. The minimum atomic E-state index is -1.91. The molecule has 1 heterocycles. The Morgan fingerprint density at radius 3 is 1.26 bits per heavy atom.